The molecular formula is C9H8FNOS. The Morgan fingerprint density at radius 2 is 2.31 bits per heavy atom. The molecule has 68 valence electrons. The van der Waals surface area contributed by atoms with E-state index in [9.17, 15) is 4.39 Å². The number of benzene rings is 1. The third kappa shape index (κ3) is 1.49. The molecule has 2 aromatic rings. The number of nitrogens with one attached hydrogen (secondary N) is 1. The number of hydrogen-bond acceptors (Lipinski definition) is 2. The molecule has 0 saturated carbocycles. The molecule has 4 heteroatoms. The van der Waals surface area contributed by atoms with Crippen LogP contribution < -0.4 is 4.18 Å². The standard InChI is InChI=1S/C9H8FNOS/c1-13-12-9-5-11-8-3-2-6(10)4-7(8)9/h2-5,11H,1H3. The Bertz CT molecular complexity index is 426. The SMILES string of the molecule is CSOc1c[nH]c2ccc(F)cc12. The van der Waals surface area contributed by atoms with Gasteiger partial charge in [-0.3, -0.25) is 0 Å². The predicted molar refractivity (Wildman–Crippen MR) is 52.4 cm³/mol. The molecule has 1 aromatic heterocycles. The minimum absolute atomic E-state index is 0.252. The molecule has 2 rings (SSSR count). The first-order chi connectivity index (χ1) is 6.31. The Labute approximate surface area is 79.3 Å². The van der Waals surface area contributed by atoms with Gasteiger partial charge in [-0.05, 0) is 18.2 Å². The topological polar surface area (TPSA) is 25.0 Å². The first-order valence-corrected chi connectivity index (χ1v) is 4.93. The van der Waals surface area contributed by atoms with Crippen LogP contribution in [-0.2, 0) is 0 Å². The Balaban J connectivity index is 2.58. The Morgan fingerprint density at radius 3 is 3.08 bits per heavy atom. The minimum Gasteiger partial charge on any atom is -0.424 e. The molecule has 0 fully saturated rings. The van der Waals surface area contributed by atoms with Crippen molar-refractivity contribution in [1.82, 2.24) is 4.98 Å². The molecule has 0 saturated heterocycles. The summed E-state index contributed by atoms with van der Waals surface area (Å²) < 4.78 is 18.1. The molecule has 13 heavy (non-hydrogen) atoms. The van der Waals surface area contributed by atoms with Gasteiger partial charge in [-0.2, -0.15) is 0 Å². The molecule has 0 radical (unpaired) electrons. The van der Waals surface area contributed by atoms with Crippen molar-refractivity contribution < 1.29 is 8.57 Å². The number of rotatable bonds is 2. The molecule has 0 bridgehead atoms. The third-order valence-electron chi connectivity index (χ3n) is 1.78. The van der Waals surface area contributed by atoms with Crippen molar-refractivity contribution in [3.05, 3.63) is 30.2 Å². The predicted octanol–water partition coefficient (Wildman–Crippen LogP) is 2.96. The number of hydrogen-bond donors (Lipinski definition) is 1. The highest BCUT2D eigenvalue weighted by molar-refractivity contribution is 7.94. The molecule has 0 amide bonds. The quantitative estimate of drug-likeness (QED) is 0.749. The van der Waals surface area contributed by atoms with Crippen molar-refractivity contribution in [1.29, 1.82) is 0 Å². The first kappa shape index (κ1) is 8.44. The van der Waals surface area contributed by atoms with Gasteiger partial charge < -0.3 is 9.17 Å². The molecule has 1 heterocycles. The van der Waals surface area contributed by atoms with Crippen LogP contribution in [0.1, 0.15) is 0 Å². The normalized spacial score (nSPS) is 10.6. The van der Waals surface area contributed by atoms with Crippen molar-refractivity contribution in [2.45, 2.75) is 0 Å². The lowest BCUT2D eigenvalue weighted by Gasteiger charge is -1.97. The van der Waals surface area contributed by atoms with Crippen molar-refractivity contribution in [3.63, 3.8) is 0 Å². The minimum atomic E-state index is -0.252. The molecule has 0 unspecified atom stereocenters. The summed E-state index contributed by atoms with van der Waals surface area (Å²) in [5, 5.41) is 0.773. The summed E-state index contributed by atoms with van der Waals surface area (Å²) in [7, 11) is 0. The van der Waals surface area contributed by atoms with Gasteiger partial charge in [0, 0.05) is 23.4 Å². The summed E-state index contributed by atoms with van der Waals surface area (Å²) in [6.45, 7) is 0. The second-order valence-electron chi connectivity index (χ2n) is 2.59. The van der Waals surface area contributed by atoms with Crippen LogP contribution >= 0.6 is 12.0 Å². The number of fused-ring (bicyclic) bond motifs is 1. The lowest BCUT2D eigenvalue weighted by molar-refractivity contribution is 0.627. The zero-order chi connectivity index (χ0) is 9.26. The van der Waals surface area contributed by atoms with E-state index in [1.807, 2.05) is 6.26 Å². The van der Waals surface area contributed by atoms with Gasteiger partial charge in [-0.15, -0.1) is 0 Å². The number of halogens is 1. The van der Waals surface area contributed by atoms with Crippen LogP contribution in [0.15, 0.2) is 24.4 Å². The van der Waals surface area contributed by atoms with Gasteiger partial charge in [0.05, 0.1) is 12.0 Å². The Hall–Kier alpha value is -1.16. The van der Waals surface area contributed by atoms with Crippen LogP contribution in [0.25, 0.3) is 10.9 Å². The molecule has 0 aliphatic rings. The maximum atomic E-state index is 12.9. The lowest BCUT2D eigenvalue weighted by Crippen LogP contribution is -1.77. The van der Waals surface area contributed by atoms with E-state index >= 15 is 0 Å². The maximum Gasteiger partial charge on any atom is 0.162 e. The molecule has 0 aliphatic heterocycles. The average Bonchev–Trinajstić information content (AvgIpc) is 2.49. The van der Waals surface area contributed by atoms with Gasteiger partial charge >= 0.3 is 0 Å². The summed E-state index contributed by atoms with van der Waals surface area (Å²) in [5.74, 6) is 0.417. The Morgan fingerprint density at radius 1 is 1.46 bits per heavy atom. The largest absolute Gasteiger partial charge is 0.424 e. The van der Waals surface area contributed by atoms with Crippen molar-refractivity contribution in [3.8, 4) is 5.75 Å². The summed E-state index contributed by atoms with van der Waals surface area (Å²) in [4.78, 5) is 3.00. The van der Waals surface area contributed by atoms with Crippen LogP contribution in [0, 0.1) is 5.82 Å². The van der Waals surface area contributed by atoms with Crippen molar-refractivity contribution in [2.75, 3.05) is 6.26 Å². The van der Waals surface area contributed by atoms with E-state index in [2.05, 4.69) is 4.98 Å². The third-order valence-corrected chi connectivity index (χ3v) is 2.13. The zero-order valence-electron chi connectivity index (χ0n) is 7.00. The van der Waals surface area contributed by atoms with Gasteiger partial charge in [0.1, 0.15) is 5.82 Å². The lowest BCUT2D eigenvalue weighted by atomic mass is 10.2. The van der Waals surface area contributed by atoms with E-state index < -0.39 is 0 Å². The van der Waals surface area contributed by atoms with E-state index in [4.69, 9.17) is 4.18 Å². The van der Waals surface area contributed by atoms with Crippen LogP contribution in [0.2, 0.25) is 0 Å². The number of aromatic nitrogens is 1. The number of H-pyrrole nitrogens is 1. The van der Waals surface area contributed by atoms with Crippen LogP contribution in [0.5, 0.6) is 5.75 Å². The molecule has 1 aromatic carbocycles. The fourth-order valence-corrected chi connectivity index (χ4v) is 1.54. The fraction of sp³-hybridized carbons (Fsp3) is 0.111. The van der Waals surface area contributed by atoms with Gasteiger partial charge in [-0.25, -0.2) is 4.39 Å². The second-order valence-corrected chi connectivity index (χ2v) is 3.09. The van der Waals surface area contributed by atoms with Gasteiger partial charge in [0.2, 0.25) is 0 Å². The number of aromatic amines is 1. The molecule has 1 N–H and O–H groups in total. The van der Waals surface area contributed by atoms with Crippen molar-refractivity contribution in [2.24, 2.45) is 0 Å². The summed E-state index contributed by atoms with van der Waals surface area (Å²) in [6.07, 6.45) is 3.54. The summed E-state index contributed by atoms with van der Waals surface area (Å²) in [6, 6.07) is 4.57. The summed E-state index contributed by atoms with van der Waals surface area (Å²) in [5.41, 5.74) is 0.880. The maximum absolute atomic E-state index is 12.9. The van der Waals surface area contributed by atoms with Gasteiger partial charge in [0.15, 0.2) is 5.75 Å². The zero-order valence-corrected chi connectivity index (χ0v) is 7.82. The van der Waals surface area contributed by atoms with E-state index in [0.29, 0.717) is 5.75 Å². The van der Waals surface area contributed by atoms with Crippen LogP contribution in [0.4, 0.5) is 4.39 Å². The van der Waals surface area contributed by atoms with Crippen LogP contribution in [0.3, 0.4) is 0 Å². The smallest absolute Gasteiger partial charge is 0.162 e. The molecule has 0 aliphatic carbocycles. The van der Waals surface area contributed by atoms with Crippen LogP contribution in [-0.4, -0.2) is 11.2 Å². The highest BCUT2D eigenvalue weighted by atomic mass is 32.2. The first-order valence-electron chi connectivity index (χ1n) is 3.78. The highest BCUT2D eigenvalue weighted by Crippen LogP contribution is 2.27. The van der Waals surface area contributed by atoms with Crippen molar-refractivity contribution >= 4 is 22.9 Å². The summed E-state index contributed by atoms with van der Waals surface area (Å²) >= 11 is 1.24. The molecule has 0 atom stereocenters. The highest BCUT2D eigenvalue weighted by Gasteiger charge is 2.04. The van der Waals surface area contributed by atoms with Gasteiger partial charge in [0.25, 0.3) is 0 Å². The fourth-order valence-electron chi connectivity index (χ4n) is 1.23. The average molecular weight is 197 g/mol. The Kier molecular flexibility index (Phi) is 2.14. The van der Waals surface area contributed by atoms with Gasteiger partial charge in [-0.1, -0.05) is 0 Å². The molecule has 2 nitrogen and oxygen atoms in total. The monoisotopic (exact) mass is 197 g/mol. The van der Waals surface area contributed by atoms with E-state index in [-0.39, 0.29) is 5.82 Å². The van der Waals surface area contributed by atoms with E-state index in [1.54, 1.807) is 12.3 Å². The molecule has 0 spiro atoms. The second kappa shape index (κ2) is 3.30. The van der Waals surface area contributed by atoms with E-state index in [0.717, 1.165) is 10.9 Å². The van der Waals surface area contributed by atoms with E-state index in [1.165, 1.54) is 24.2 Å². The molecular weight excluding hydrogens is 189 g/mol.